The van der Waals surface area contributed by atoms with E-state index < -0.39 is 30.2 Å². The molecule has 2 heterocycles. The molecule has 0 unspecified atom stereocenters. The molecule has 0 radical (unpaired) electrons. The zero-order valence-electron chi connectivity index (χ0n) is 14.6. The van der Waals surface area contributed by atoms with Gasteiger partial charge in [0.25, 0.3) is 5.91 Å². The van der Waals surface area contributed by atoms with Crippen molar-refractivity contribution in [3.63, 3.8) is 0 Å². The Bertz CT molecular complexity index is 746. The topological polar surface area (TPSA) is 129 Å². The van der Waals surface area contributed by atoms with Gasteiger partial charge in [-0.15, -0.1) is 0 Å². The van der Waals surface area contributed by atoms with Gasteiger partial charge in [0.15, 0.2) is 5.69 Å². The average molecular weight is 387 g/mol. The lowest BCUT2D eigenvalue weighted by molar-refractivity contribution is -0.150. The monoisotopic (exact) mass is 387 g/mol. The van der Waals surface area contributed by atoms with Crippen LogP contribution in [0.2, 0.25) is 0 Å². The van der Waals surface area contributed by atoms with Crippen LogP contribution in [0.1, 0.15) is 29.8 Å². The number of nitrogens with one attached hydrogen (secondary N) is 2. The molecule has 0 atom stereocenters. The summed E-state index contributed by atoms with van der Waals surface area (Å²) in [5, 5.41) is 18.1. The minimum absolute atomic E-state index is 0.00778. The maximum atomic E-state index is 12.6. The number of amides is 3. The summed E-state index contributed by atoms with van der Waals surface area (Å²) in [5.41, 5.74) is 4.29. The van der Waals surface area contributed by atoms with Crippen molar-refractivity contribution in [2.75, 3.05) is 32.0 Å². The second-order valence-corrected chi connectivity index (χ2v) is 6.35. The van der Waals surface area contributed by atoms with Gasteiger partial charge in [-0.25, -0.2) is 4.79 Å². The summed E-state index contributed by atoms with van der Waals surface area (Å²) in [4.78, 5) is 24.4. The van der Waals surface area contributed by atoms with Crippen LogP contribution in [-0.2, 0) is 5.54 Å². The van der Waals surface area contributed by atoms with E-state index in [2.05, 4.69) is 15.7 Å². The molecule has 9 nitrogen and oxygen atoms in total. The molecule has 4 N–H and O–H groups in total. The first-order chi connectivity index (χ1) is 12.6. The van der Waals surface area contributed by atoms with E-state index in [4.69, 9.17) is 5.73 Å². The molecule has 1 aliphatic heterocycles. The van der Waals surface area contributed by atoms with Crippen LogP contribution in [0.3, 0.4) is 0 Å². The van der Waals surface area contributed by atoms with Crippen LogP contribution in [0, 0.1) is 11.3 Å². The van der Waals surface area contributed by atoms with E-state index in [1.165, 1.54) is 22.8 Å². The predicted molar refractivity (Wildman–Crippen MR) is 88.8 cm³/mol. The molecular weight excluding hydrogens is 367 g/mol. The Hall–Kier alpha value is -2.81. The van der Waals surface area contributed by atoms with Gasteiger partial charge in [-0.3, -0.25) is 14.4 Å². The van der Waals surface area contributed by atoms with Crippen LogP contribution in [0.5, 0.6) is 0 Å². The molecule has 0 aliphatic carbocycles. The van der Waals surface area contributed by atoms with Crippen molar-refractivity contribution >= 4 is 17.6 Å². The molecule has 12 heteroatoms. The Balaban J connectivity index is 2.29. The van der Waals surface area contributed by atoms with Gasteiger partial charge in [-0.2, -0.15) is 23.5 Å². The van der Waals surface area contributed by atoms with E-state index in [0.29, 0.717) is 0 Å². The molecule has 1 aromatic rings. The number of nitrogens with two attached hydrogens (primary N) is 1. The van der Waals surface area contributed by atoms with Crippen molar-refractivity contribution in [3.05, 3.63) is 11.9 Å². The van der Waals surface area contributed by atoms with Crippen molar-refractivity contribution < 1.29 is 22.8 Å². The molecule has 3 amide bonds. The first-order valence-corrected chi connectivity index (χ1v) is 8.15. The fourth-order valence-corrected chi connectivity index (χ4v) is 3.09. The summed E-state index contributed by atoms with van der Waals surface area (Å²) in [7, 11) is 1.39. The first kappa shape index (κ1) is 20.5. The van der Waals surface area contributed by atoms with E-state index >= 15 is 0 Å². The summed E-state index contributed by atoms with van der Waals surface area (Å²) < 4.78 is 39.2. The molecule has 1 saturated heterocycles. The second-order valence-electron chi connectivity index (χ2n) is 6.35. The maximum Gasteiger partial charge on any atom is 0.401 e. The second kappa shape index (κ2) is 7.83. The molecule has 0 saturated carbocycles. The van der Waals surface area contributed by atoms with E-state index in [1.807, 2.05) is 6.07 Å². The van der Waals surface area contributed by atoms with Crippen LogP contribution in [-0.4, -0.2) is 59.5 Å². The normalized spacial score (nSPS) is 17.1. The highest BCUT2D eigenvalue weighted by molar-refractivity contribution is 6.00. The molecule has 1 aromatic heterocycles. The van der Waals surface area contributed by atoms with E-state index in [1.54, 1.807) is 0 Å². The molecule has 0 aromatic carbocycles. The summed E-state index contributed by atoms with van der Waals surface area (Å²) in [5.74, 6) is -0.873. The van der Waals surface area contributed by atoms with Crippen molar-refractivity contribution in [2.45, 2.75) is 31.0 Å². The summed E-state index contributed by atoms with van der Waals surface area (Å²) in [6.45, 7) is -0.791. The molecule has 0 bridgehead atoms. The number of primary amides is 1. The smallest absolute Gasteiger partial charge is 0.364 e. The number of urea groups is 1. The van der Waals surface area contributed by atoms with E-state index in [0.717, 1.165) is 0 Å². The number of carbonyl (C=O) groups is 2. The number of hydrogen-bond acceptors (Lipinski definition) is 5. The van der Waals surface area contributed by atoms with Crippen LogP contribution in [0.4, 0.5) is 23.7 Å². The Labute approximate surface area is 153 Å². The Morgan fingerprint density at radius 1 is 1.41 bits per heavy atom. The molecule has 27 heavy (non-hydrogen) atoms. The molecule has 2 rings (SSSR count). The largest absolute Gasteiger partial charge is 0.401 e. The Morgan fingerprint density at radius 2 is 2.04 bits per heavy atom. The molecule has 1 fully saturated rings. The zero-order valence-corrected chi connectivity index (χ0v) is 14.6. The minimum Gasteiger partial charge on any atom is -0.364 e. The lowest BCUT2D eigenvalue weighted by Gasteiger charge is -2.40. The van der Waals surface area contributed by atoms with Gasteiger partial charge in [0.05, 0.1) is 36.5 Å². The SMILES string of the molecule is CNC(=O)Nc1cn(C2(CC#N)CCN(CC(F)(F)F)CC2)nc1C(N)=O. The summed E-state index contributed by atoms with van der Waals surface area (Å²) >= 11 is 0. The summed E-state index contributed by atoms with van der Waals surface area (Å²) in [6, 6.07) is 1.44. The lowest BCUT2D eigenvalue weighted by Crippen LogP contribution is -2.48. The number of alkyl halides is 3. The quantitative estimate of drug-likeness (QED) is 0.694. The van der Waals surface area contributed by atoms with Crippen LogP contribution in [0.25, 0.3) is 0 Å². The highest BCUT2D eigenvalue weighted by atomic mass is 19.4. The molecule has 0 spiro atoms. The van der Waals surface area contributed by atoms with Gasteiger partial charge in [0.1, 0.15) is 0 Å². The fraction of sp³-hybridized carbons (Fsp3) is 0.600. The first-order valence-electron chi connectivity index (χ1n) is 8.15. The summed E-state index contributed by atoms with van der Waals surface area (Å²) in [6.07, 6.45) is -2.46. The number of rotatable bonds is 5. The van der Waals surface area contributed by atoms with E-state index in [-0.39, 0.29) is 43.7 Å². The number of anilines is 1. The van der Waals surface area contributed by atoms with Gasteiger partial charge in [0, 0.05) is 20.1 Å². The van der Waals surface area contributed by atoms with Gasteiger partial charge in [-0.05, 0) is 12.8 Å². The third-order valence-electron chi connectivity index (χ3n) is 4.51. The minimum atomic E-state index is -4.30. The maximum absolute atomic E-state index is 12.6. The van der Waals surface area contributed by atoms with Crippen LogP contribution >= 0.6 is 0 Å². The highest BCUT2D eigenvalue weighted by Gasteiger charge is 2.41. The van der Waals surface area contributed by atoms with Gasteiger partial charge >= 0.3 is 12.2 Å². The number of piperidine rings is 1. The zero-order chi connectivity index (χ0) is 20.2. The third-order valence-corrected chi connectivity index (χ3v) is 4.51. The highest BCUT2D eigenvalue weighted by Crippen LogP contribution is 2.35. The fourth-order valence-electron chi connectivity index (χ4n) is 3.09. The van der Waals surface area contributed by atoms with Crippen LogP contribution in [0.15, 0.2) is 6.20 Å². The number of halogens is 3. The van der Waals surface area contributed by atoms with Gasteiger partial charge in [0.2, 0.25) is 0 Å². The lowest BCUT2D eigenvalue weighted by atomic mass is 9.85. The number of carbonyl (C=O) groups excluding carboxylic acids is 2. The Morgan fingerprint density at radius 3 is 2.52 bits per heavy atom. The predicted octanol–water partition coefficient (Wildman–Crippen LogP) is 1.00. The van der Waals surface area contributed by atoms with Gasteiger partial charge in [-0.1, -0.05) is 0 Å². The van der Waals surface area contributed by atoms with Crippen molar-refractivity contribution in [2.24, 2.45) is 5.73 Å². The third kappa shape index (κ3) is 4.88. The molecular formula is C15H20F3N7O2. The average Bonchev–Trinajstić information content (AvgIpc) is 3.00. The van der Waals surface area contributed by atoms with Crippen molar-refractivity contribution in [1.82, 2.24) is 20.0 Å². The van der Waals surface area contributed by atoms with Crippen molar-refractivity contribution in [1.29, 1.82) is 5.26 Å². The van der Waals surface area contributed by atoms with E-state index in [9.17, 15) is 28.0 Å². The number of aromatic nitrogens is 2. The number of nitrogens with zero attached hydrogens (tertiary/aromatic N) is 4. The number of hydrogen-bond donors (Lipinski definition) is 3. The molecule has 1 aliphatic rings. The Kier molecular flexibility index (Phi) is 5.94. The molecule has 148 valence electrons. The standard InChI is InChI=1S/C15H20F3N7O2/c1-21-13(27)22-10-8-25(23-11(10)12(20)26)14(2-5-19)3-6-24(7-4-14)9-15(16,17)18/h8H,2-4,6-7,9H2,1H3,(H2,20,26)(H2,21,22,27). The van der Waals surface area contributed by atoms with Gasteiger partial charge < -0.3 is 16.4 Å². The van der Waals surface area contributed by atoms with Crippen molar-refractivity contribution in [3.8, 4) is 6.07 Å². The number of nitriles is 1. The number of likely N-dealkylation sites (tertiary alicyclic amines) is 1. The van der Waals surface area contributed by atoms with Crippen LogP contribution < -0.4 is 16.4 Å².